The fourth-order valence-corrected chi connectivity index (χ4v) is 4.75. The van der Waals surface area contributed by atoms with Crippen LogP contribution in [0.25, 0.3) is 0 Å². The first-order valence-electron chi connectivity index (χ1n) is 11.8. The Morgan fingerprint density at radius 1 is 1.06 bits per heavy atom. The molecule has 0 radical (unpaired) electrons. The molecule has 8 heteroatoms. The molecule has 4 rings (SSSR count). The molecule has 2 fully saturated rings. The van der Waals surface area contributed by atoms with Crippen molar-refractivity contribution in [1.29, 1.82) is 0 Å². The summed E-state index contributed by atoms with van der Waals surface area (Å²) in [7, 11) is 0. The lowest BCUT2D eigenvalue weighted by Crippen LogP contribution is -2.66. The first-order valence-corrected chi connectivity index (χ1v) is 11.8. The van der Waals surface area contributed by atoms with Gasteiger partial charge in [-0.1, -0.05) is 60.7 Å². The molecule has 2 heterocycles. The van der Waals surface area contributed by atoms with E-state index in [2.05, 4.69) is 5.43 Å². The highest BCUT2D eigenvalue weighted by Crippen LogP contribution is 2.29. The number of rotatable bonds is 9. The van der Waals surface area contributed by atoms with E-state index in [1.165, 1.54) is 0 Å². The molecule has 2 aromatic carbocycles. The summed E-state index contributed by atoms with van der Waals surface area (Å²) in [6, 6.07) is 17.6. The summed E-state index contributed by atoms with van der Waals surface area (Å²) in [4.78, 5) is 39.5. The second-order valence-corrected chi connectivity index (χ2v) is 8.82. The maximum atomic E-state index is 14.0. The smallest absolute Gasteiger partial charge is 0.366 e. The lowest BCUT2D eigenvalue weighted by Gasteiger charge is -2.36. The lowest BCUT2D eigenvalue weighted by atomic mass is 10.0. The van der Waals surface area contributed by atoms with Crippen LogP contribution in [0.1, 0.15) is 24.0 Å². The standard InChI is InChI=1S/C26H32N3O5/c30-20-29(15-7-12-24(29)26(32)34-19-22-10-5-2-6-11-22)25(31)23(18-21-8-3-1-4-9-21)27-28-13-16-33-17-14-28/h1-6,8-11,20,23-24,27H,7,12-19H2/q+1/t23-,24-,29?/m0/s1. The van der Waals surface area contributed by atoms with Crippen LogP contribution in [0.15, 0.2) is 60.7 Å². The minimum atomic E-state index is -0.835. The third-order valence-corrected chi connectivity index (χ3v) is 6.59. The number of nitrogens with zero attached hydrogens (tertiary/aromatic N) is 2. The van der Waals surface area contributed by atoms with Gasteiger partial charge in [-0.3, -0.25) is 0 Å². The zero-order valence-corrected chi connectivity index (χ0v) is 19.3. The normalized spacial score (nSPS) is 23.8. The van der Waals surface area contributed by atoms with Crippen LogP contribution < -0.4 is 5.43 Å². The van der Waals surface area contributed by atoms with E-state index >= 15 is 0 Å². The zero-order valence-electron chi connectivity index (χ0n) is 19.3. The van der Waals surface area contributed by atoms with E-state index in [1.807, 2.05) is 65.7 Å². The quantitative estimate of drug-likeness (QED) is 0.343. The molecule has 2 aliphatic rings. The number of carbonyl (C=O) groups excluding carboxylic acids is 3. The van der Waals surface area contributed by atoms with Gasteiger partial charge >= 0.3 is 18.3 Å². The van der Waals surface area contributed by atoms with Crippen LogP contribution in [0.2, 0.25) is 0 Å². The van der Waals surface area contributed by atoms with Crippen LogP contribution in [0.5, 0.6) is 0 Å². The SMILES string of the molecule is O=C[N+]1(C(=O)[C@H](Cc2ccccc2)NN2CCOCC2)CCC[C@H]1C(=O)OCc1ccccc1. The molecule has 8 nitrogen and oxygen atoms in total. The number of hydrazine groups is 1. The van der Waals surface area contributed by atoms with Crippen molar-refractivity contribution in [2.45, 2.75) is 38.0 Å². The summed E-state index contributed by atoms with van der Waals surface area (Å²) in [5.41, 5.74) is 5.18. The molecule has 0 aliphatic carbocycles. The minimum absolute atomic E-state index is 0.114. The van der Waals surface area contributed by atoms with Crippen molar-refractivity contribution < 1.29 is 28.3 Å². The number of amides is 2. The van der Waals surface area contributed by atoms with E-state index in [-0.39, 0.29) is 12.5 Å². The molecule has 0 aromatic heterocycles. The number of nitrogens with one attached hydrogen (secondary N) is 1. The van der Waals surface area contributed by atoms with Crippen LogP contribution in [0.3, 0.4) is 0 Å². The van der Waals surface area contributed by atoms with E-state index in [1.54, 1.807) is 0 Å². The van der Waals surface area contributed by atoms with Crippen LogP contribution >= 0.6 is 0 Å². The van der Waals surface area contributed by atoms with Crippen LogP contribution in [-0.2, 0) is 36.9 Å². The lowest BCUT2D eigenvalue weighted by molar-refractivity contribution is -0.774. The molecule has 1 N–H and O–H groups in total. The van der Waals surface area contributed by atoms with Gasteiger partial charge in [0.15, 0.2) is 0 Å². The summed E-state index contributed by atoms with van der Waals surface area (Å²) in [5, 5.41) is 1.97. The number of benzene rings is 2. The molecule has 1 unspecified atom stereocenters. The van der Waals surface area contributed by atoms with Crippen molar-refractivity contribution in [3.05, 3.63) is 71.8 Å². The summed E-state index contributed by atoms with van der Waals surface area (Å²) in [6.45, 7) is 2.83. The Balaban J connectivity index is 1.53. The number of esters is 1. The van der Waals surface area contributed by atoms with Crippen molar-refractivity contribution in [3.63, 3.8) is 0 Å². The number of quaternary nitrogens is 1. The van der Waals surface area contributed by atoms with Gasteiger partial charge in [-0.05, 0) is 11.1 Å². The molecular weight excluding hydrogens is 434 g/mol. The average molecular weight is 467 g/mol. The monoisotopic (exact) mass is 466 g/mol. The summed E-state index contributed by atoms with van der Waals surface area (Å²) in [5.74, 6) is -0.809. The predicted octanol–water partition coefficient (Wildman–Crippen LogP) is 1.84. The average Bonchev–Trinajstić information content (AvgIpc) is 3.34. The van der Waals surface area contributed by atoms with E-state index in [0.29, 0.717) is 58.5 Å². The van der Waals surface area contributed by atoms with E-state index in [9.17, 15) is 14.4 Å². The Morgan fingerprint density at radius 2 is 1.71 bits per heavy atom. The minimum Gasteiger partial charge on any atom is -0.456 e. The number of imide groups is 1. The van der Waals surface area contributed by atoms with Crippen LogP contribution in [0, 0.1) is 0 Å². The van der Waals surface area contributed by atoms with Gasteiger partial charge in [0, 0.05) is 32.4 Å². The van der Waals surface area contributed by atoms with Crippen molar-refractivity contribution in [3.8, 4) is 0 Å². The second-order valence-electron chi connectivity index (χ2n) is 8.82. The van der Waals surface area contributed by atoms with Crippen molar-refractivity contribution in [2.24, 2.45) is 0 Å². The molecule has 3 atom stereocenters. The van der Waals surface area contributed by atoms with Gasteiger partial charge in [0.05, 0.1) is 19.8 Å². The number of carbonyl (C=O) groups is 3. The fourth-order valence-electron chi connectivity index (χ4n) is 4.75. The molecule has 180 valence electrons. The number of hydrogen-bond donors (Lipinski definition) is 1. The van der Waals surface area contributed by atoms with E-state index in [4.69, 9.17) is 9.47 Å². The van der Waals surface area contributed by atoms with Crippen molar-refractivity contribution in [2.75, 3.05) is 32.8 Å². The third kappa shape index (κ3) is 5.59. The molecule has 0 bridgehead atoms. The van der Waals surface area contributed by atoms with Gasteiger partial charge in [0.1, 0.15) is 12.6 Å². The molecule has 2 saturated heterocycles. The molecule has 0 spiro atoms. The van der Waals surface area contributed by atoms with Gasteiger partial charge in [-0.15, -0.1) is 0 Å². The number of morpholine rings is 1. The highest BCUT2D eigenvalue weighted by Gasteiger charge is 2.55. The third-order valence-electron chi connectivity index (χ3n) is 6.59. The van der Waals surface area contributed by atoms with Gasteiger partial charge in [-0.25, -0.2) is 24.8 Å². The van der Waals surface area contributed by atoms with Crippen LogP contribution in [0.4, 0.5) is 0 Å². The van der Waals surface area contributed by atoms with Gasteiger partial charge < -0.3 is 9.47 Å². The number of ether oxygens (including phenoxy) is 2. The molecule has 2 amide bonds. The topological polar surface area (TPSA) is 84.9 Å². The van der Waals surface area contributed by atoms with Gasteiger partial charge in [0.25, 0.3) is 0 Å². The maximum absolute atomic E-state index is 14.0. The zero-order chi connectivity index (χ0) is 23.8. The Hall–Kier alpha value is -2.91. The molecule has 2 aromatic rings. The fraction of sp³-hybridized carbons (Fsp3) is 0.423. The van der Waals surface area contributed by atoms with Crippen LogP contribution in [-0.4, -0.2) is 72.7 Å². The van der Waals surface area contributed by atoms with E-state index < -0.39 is 22.5 Å². The van der Waals surface area contributed by atoms with Gasteiger partial charge in [-0.2, -0.15) is 4.48 Å². The van der Waals surface area contributed by atoms with Crippen molar-refractivity contribution >= 4 is 18.3 Å². The number of likely N-dealkylation sites (tertiary alicyclic amines) is 1. The van der Waals surface area contributed by atoms with Gasteiger partial charge in [0.2, 0.25) is 6.04 Å². The summed E-state index contributed by atoms with van der Waals surface area (Å²) >= 11 is 0. The Bertz CT molecular complexity index is 965. The molecular formula is C26H32N3O5+. The number of hydrogen-bond acceptors (Lipinski definition) is 7. The highest BCUT2D eigenvalue weighted by molar-refractivity contribution is 5.86. The van der Waals surface area contributed by atoms with E-state index in [0.717, 1.165) is 11.1 Å². The predicted molar refractivity (Wildman–Crippen MR) is 125 cm³/mol. The maximum Gasteiger partial charge on any atom is 0.366 e. The Morgan fingerprint density at radius 3 is 2.35 bits per heavy atom. The largest absolute Gasteiger partial charge is 0.456 e. The Kier molecular flexibility index (Phi) is 8.18. The molecule has 0 saturated carbocycles. The summed E-state index contributed by atoms with van der Waals surface area (Å²) in [6.07, 6.45) is 2.10. The van der Waals surface area contributed by atoms with Crippen molar-refractivity contribution in [1.82, 2.24) is 10.4 Å². The first-order chi connectivity index (χ1) is 16.6. The first kappa shape index (κ1) is 24.2. The Labute approximate surface area is 200 Å². The molecule has 2 aliphatic heterocycles. The highest BCUT2D eigenvalue weighted by atomic mass is 16.5. The second kappa shape index (κ2) is 11.5. The molecule has 34 heavy (non-hydrogen) atoms. The summed E-state index contributed by atoms with van der Waals surface area (Å²) < 4.78 is 10.4.